The van der Waals surface area contributed by atoms with Crippen LogP contribution in [0.4, 0.5) is 5.82 Å². The number of Topliss-reactive ketones (excluding diaryl/α,β-unsaturated/α-hetero) is 1. The van der Waals surface area contributed by atoms with Crippen molar-refractivity contribution in [1.82, 2.24) is 4.98 Å². The molecule has 0 spiro atoms. The first-order valence-corrected chi connectivity index (χ1v) is 6.89. The molecule has 0 radical (unpaired) electrons. The number of pyridine rings is 1. The fourth-order valence-corrected chi connectivity index (χ4v) is 2.09. The number of aryl methyl sites for hydroxylation is 1. The number of carbonyl (C=O) groups is 1. The van der Waals surface area contributed by atoms with E-state index in [1.807, 2.05) is 26.0 Å². The second kappa shape index (κ2) is 7.14. The number of hydrogen-bond donors (Lipinski definition) is 0. The molecule has 0 aliphatic rings. The molecule has 3 nitrogen and oxygen atoms in total. The van der Waals surface area contributed by atoms with Gasteiger partial charge in [0.2, 0.25) is 0 Å². The van der Waals surface area contributed by atoms with Crippen LogP contribution < -0.4 is 4.90 Å². The first kappa shape index (κ1) is 14.7. The largest absolute Gasteiger partial charge is 0.357 e. The second-order valence-corrected chi connectivity index (χ2v) is 4.57. The van der Waals surface area contributed by atoms with Gasteiger partial charge in [0.05, 0.1) is 5.69 Å². The number of hydrogen-bond acceptors (Lipinski definition) is 3. The topological polar surface area (TPSA) is 33.2 Å². The molecule has 0 atom stereocenters. The summed E-state index contributed by atoms with van der Waals surface area (Å²) in [6.07, 6.45) is 2.75. The Morgan fingerprint density at radius 3 is 2.22 bits per heavy atom. The van der Waals surface area contributed by atoms with Crippen LogP contribution in [0.15, 0.2) is 12.1 Å². The van der Waals surface area contributed by atoms with Crippen molar-refractivity contribution in [2.24, 2.45) is 0 Å². The minimum Gasteiger partial charge on any atom is -0.357 e. The summed E-state index contributed by atoms with van der Waals surface area (Å²) >= 11 is 0. The molecule has 0 aliphatic carbocycles. The van der Waals surface area contributed by atoms with Crippen molar-refractivity contribution in [3.63, 3.8) is 0 Å². The molecule has 1 heterocycles. The average molecular weight is 248 g/mol. The molecule has 0 unspecified atom stereocenters. The highest BCUT2D eigenvalue weighted by atomic mass is 16.1. The Balaban J connectivity index is 2.97. The third-order valence-corrected chi connectivity index (χ3v) is 3.00. The maximum absolute atomic E-state index is 11.7. The Labute approximate surface area is 110 Å². The summed E-state index contributed by atoms with van der Waals surface area (Å²) in [5.74, 6) is 1.16. The first-order chi connectivity index (χ1) is 8.63. The van der Waals surface area contributed by atoms with Crippen LogP contribution in [0.1, 0.15) is 56.1 Å². The normalized spacial score (nSPS) is 10.4. The molecule has 0 saturated carbocycles. The summed E-state index contributed by atoms with van der Waals surface area (Å²) in [5, 5.41) is 0. The molecule has 1 aromatic heterocycles. The zero-order chi connectivity index (χ0) is 13.5. The van der Waals surface area contributed by atoms with Gasteiger partial charge in [0.1, 0.15) is 5.82 Å². The summed E-state index contributed by atoms with van der Waals surface area (Å²) in [6.45, 7) is 10.2. The van der Waals surface area contributed by atoms with Crippen LogP contribution in [0.25, 0.3) is 0 Å². The van der Waals surface area contributed by atoms with E-state index in [0.29, 0.717) is 6.42 Å². The number of anilines is 1. The molecule has 0 amide bonds. The third kappa shape index (κ3) is 3.56. The van der Waals surface area contributed by atoms with Gasteiger partial charge in [-0.1, -0.05) is 20.8 Å². The van der Waals surface area contributed by atoms with Crippen LogP contribution in [0.2, 0.25) is 0 Å². The molecule has 0 N–H and O–H groups in total. The fourth-order valence-electron chi connectivity index (χ4n) is 2.09. The van der Waals surface area contributed by atoms with Crippen LogP contribution in [-0.4, -0.2) is 23.9 Å². The summed E-state index contributed by atoms with van der Waals surface area (Å²) in [7, 11) is 0. The van der Waals surface area contributed by atoms with E-state index in [1.165, 1.54) is 0 Å². The summed E-state index contributed by atoms with van der Waals surface area (Å²) in [4.78, 5) is 18.6. The van der Waals surface area contributed by atoms with Gasteiger partial charge in [-0.15, -0.1) is 0 Å². The van der Waals surface area contributed by atoms with Gasteiger partial charge in [-0.25, -0.2) is 4.98 Å². The van der Waals surface area contributed by atoms with E-state index in [1.54, 1.807) is 0 Å². The lowest BCUT2D eigenvalue weighted by atomic mass is 10.1. The number of carbonyl (C=O) groups excluding carboxylic acids is 1. The molecule has 3 heteroatoms. The van der Waals surface area contributed by atoms with Gasteiger partial charge >= 0.3 is 0 Å². The van der Waals surface area contributed by atoms with Gasteiger partial charge in [-0.05, 0) is 31.9 Å². The van der Waals surface area contributed by atoms with Crippen LogP contribution in [-0.2, 0) is 0 Å². The Kier molecular flexibility index (Phi) is 5.83. The highest BCUT2D eigenvalue weighted by Crippen LogP contribution is 2.17. The molecule has 18 heavy (non-hydrogen) atoms. The zero-order valence-corrected chi connectivity index (χ0v) is 12.0. The van der Waals surface area contributed by atoms with Crippen molar-refractivity contribution < 1.29 is 4.79 Å². The second-order valence-electron chi connectivity index (χ2n) is 4.57. The van der Waals surface area contributed by atoms with E-state index < -0.39 is 0 Å². The van der Waals surface area contributed by atoms with Gasteiger partial charge in [0.25, 0.3) is 0 Å². The average Bonchev–Trinajstić information content (AvgIpc) is 2.37. The Morgan fingerprint density at radius 1 is 1.17 bits per heavy atom. The first-order valence-electron chi connectivity index (χ1n) is 6.89. The Bertz CT molecular complexity index is 395. The molecule has 0 aromatic carbocycles. The quantitative estimate of drug-likeness (QED) is 0.691. The fraction of sp³-hybridized carbons (Fsp3) is 0.600. The number of nitrogens with zero attached hydrogens (tertiary/aromatic N) is 2. The van der Waals surface area contributed by atoms with Crippen LogP contribution in [0, 0.1) is 6.92 Å². The molecule has 0 saturated heterocycles. The Morgan fingerprint density at radius 2 is 1.78 bits per heavy atom. The molecule has 0 bridgehead atoms. The number of ketones is 1. The van der Waals surface area contributed by atoms with Crippen molar-refractivity contribution in [2.75, 3.05) is 18.0 Å². The molecule has 0 aliphatic heterocycles. The van der Waals surface area contributed by atoms with Gasteiger partial charge in [0, 0.05) is 25.1 Å². The van der Waals surface area contributed by atoms with Crippen molar-refractivity contribution in [1.29, 1.82) is 0 Å². The summed E-state index contributed by atoms with van der Waals surface area (Å²) in [5.41, 5.74) is 1.60. The summed E-state index contributed by atoms with van der Waals surface area (Å²) in [6, 6.07) is 3.89. The minimum atomic E-state index is 0.170. The monoisotopic (exact) mass is 248 g/mol. The lowest BCUT2D eigenvalue weighted by Gasteiger charge is -2.23. The lowest BCUT2D eigenvalue weighted by Crippen LogP contribution is -2.26. The zero-order valence-electron chi connectivity index (χ0n) is 12.0. The molecule has 1 aromatic rings. The molecular weight excluding hydrogens is 224 g/mol. The van der Waals surface area contributed by atoms with E-state index in [0.717, 1.165) is 43.0 Å². The maximum Gasteiger partial charge on any atom is 0.164 e. The van der Waals surface area contributed by atoms with E-state index in [4.69, 9.17) is 0 Å². The standard InChI is InChI=1S/C15H24N2O/c1-5-10-17(11-6-2)15-9-8-13(12(4)16-15)14(18)7-3/h8-9H,5-7,10-11H2,1-4H3. The lowest BCUT2D eigenvalue weighted by molar-refractivity contribution is 0.0987. The van der Waals surface area contributed by atoms with E-state index in [9.17, 15) is 4.79 Å². The predicted octanol–water partition coefficient (Wildman–Crippen LogP) is 3.61. The van der Waals surface area contributed by atoms with Crippen molar-refractivity contribution in [2.45, 2.75) is 47.0 Å². The highest BCUT2D eigenvalue weighted by molar-refractivity contribution is 5.96. The van der Waals surface area contributed by atoms with Gasteiger partial charge in [-0.2, -0.15) is 0 Å². The summed E-state index contributed by atoms with van der Waals surface area (Å²) < 4.78 is 0. The minimum absolute atomic E-state index is 0.170. The van der Waals surface area contributed by atoms with Gasteiger partial charge in [0.15, 0.2) is 5.78 Å². The van der Waals surface area contributed by atoms with E-state index >= 15 is 0 Å². The van der Waals surface area contributed by atoms with Crippen LogP contribution >= 0.6 is 0 Å². The maximum atomic E-state index is 11.7. The SMILES string of the molecule is CCCN(CCC)c1ccc(C(=O)CC)c(C)n1. The molecule has 1 rings (SSSR count). The molecule has 100 valence electrons. The van der Waals surface area contributed by atoms with Gasteiger partial charge in [-0.3, -0.25) is 4.79 Å². The third-order valence-electron chi connectivity index (χ3n) is 3.00. The smallest absolute Gasteiger partial charge is 0.164 e. The van der Waals surface area contributed by atoms with Crippen molar-refractivity contribution in [3.8, 4) is 0 Å². The van der Waals surface area contributed by atoms with E-state index in [-0.39, 0.29) is 5.78 Å². The van der Waals surface area contributed by atoms with Gasteiger partial charge < -0.3 is 4.90 Å². The predicted molar refractivity (Wildman–Crippen MR) is 76.4 cm³/mol. The van der Waals surface area contributed by atoms with Crippen molar-refractivity contribution in [3.05, 3.63) is 23.4 Å². The van der Waals surface area contributed by atoms with Crippen LogP contribution in [0.5, 0.6) is 0 Å². The molecular formula is C15H24N2O. The molecule has 0 fully saturated rings. The van der Waals surface area contributed by atoms with E-state index in [2.05, 4.69) is 23.7 Å². The number of rotatable bonds is 7. The van der Waals surface area contributed by atoms with Crippen LogP contribution in [0.3, 0.4) is 0 Å². The van der Waals surface area contributed by atoms with Crippen molar-refractivity contribution >= 4 is 11.6 Å². The Hall–Kier alpha value is -1.38. The number of aromatic nitrogens is 1. The highest BCUT2D eigenvalue weighted by Gasteiger charge is 2.11.